The molecule has 0 fully saturated rings. The fourth-order valence-electron chi connectivity index (χ4n) is 1.25. The van der Waals surface area contributed by atoms with Crippen LogP contribution in [0.25, 0.3) is 0 Å². The van der Waals surface area contributed by atoms with Crippen LogP contribution in [0.15, 0.2) is 0 Å². The smallest absolute Gasteiger partial charge is 0.325 e. The maximum atomic E-state index is 11.8. The Bertz CT molecular complexity index is 244. The van der Waals surface area contributed by atoms with Crippen molar-refractivity contribution in [2.45, 2.75) is 26.8 Å². The number of hydrogen-bond donors (Lipinski definition) is 1. The number of carbonyl (C=O) groups is 2. The van der Waals surface area contributed by atoms with E-state index in [0.717, 1.165) is 0 Å². The van der Waals surface area contributed by atoms with Gasteiger partial charge in [-0.2, -0.15) is 0 Å². The van der Waals surface area contributed by atoms with E-state index in [1.807, 2.05) is 13.8 Å². The lowest BCUT2D eigenvalue weighted by atomic mass is 10.3. The fraction of sp³-hybridized carbons (Fsp3) is 0.818. The average molecular weight is 246 g/mol. The van der Waals surface area contributed by atoms with Gasteiger partial charge in [0, 0.05) is 19.7 Å². The molecule has 0 radical (unpaired) electrons. The molecule has 0 aromatic rings. The largest absolute Gasteiger partial charge is 0.465 e. The highest BCUT2D eigenvalue weighted by Gasteiger charge is 2.17. The first kappa shape index (κ1) is 15.7. The number of nitrogens with zero attached hydrogens (tertiary/aromatic N) is 1. The van der Waals surface area contributed by atoms with Gasteiger partial charge >= 0.3 is 12.0 Å². The minimum atomic E-state index is -0.434. The van der Waals surface area contributed by atoms with Crippen molar-refractivity contribution in [1.29, 1.82) is 0 Å². The van der Waals surface area contributed by atoms with Gasteiger partial charge in [0.1, 0.15) is 6.54 Å². The normalized spacial score (nSPS) is 10.2. The van der Waals surface area contributed by atoms with Crippen molar-refractivity contribution >= 4 is 12.0 Å². The van der Waals surface area contributed by atoms with E-state index < -0.39 is 5.97 Å². The number of carbonyl (C=O) groups excluding carboxylic acids is 2. The van der Waals surface area contributed by atoms with Crippen LogP contribution in [0.5, 0.6) is 0 Å². The average Bonchev–Trinajstić information content (AvgIpc) is 2.27. The van der Waals surface area contributed by atoms with Gasteiger partial charge in [-0.15, -0.1) is 0 Å². The molecule has 6 heteroatoms. The number of urea groups is 1. The van der Waals surface area contributed by atoms with E-state index in [1.165, 1.54) is 0 Å². The van der Waals surface area contributed by atoms with Crippen molar-refractivity contribution in [3.05, 3.63) is 0 Å². The van der Waals surface area contributed by atoms with Gasteiger partial charge in [-0.3, -0.25) is 4.79 Å². The van der Waals surface area contributed by atoms with Crippen LogP contribution in [-0.4, -0.2) is 56.4 Å². The molecule has 0 aromatic heterocycles. The van der Waals surface area contributed by atoms with E-state index in [2.05, 4.69) is 5.32 Å². The van der Waals surface area contributed by atoms with Gasteiger partial charge < -0.3 is 19.7 Å². The Morgan fingerprint density at radius 1 is 1.35 bits per heavy atom. The van der Waals surface area contributed by atoms with Gasteiger partial charge in [0.2, 0.25) is 0 Å². The molecule has 0 heterocycles. The Kier molecular flexibility index (Phi) is 8.13. The van der Waals surface area contributed by atoms with E-state index in [-0.39, 0.29) is 18.6 Å². The first-order chi connectivity index (χ1) is 8.02. The van der Waals surface area contributed by atoms with Gasteiger partial charge in [0.05, 0.1) is 13.2 Å². The van der Waals surface area contributed by atoms with Crippen LogP contribution in [-0.2, 0) is 14.3 Å². The van der Waals surface area contributed by atoms with Crippen LogP contribution in [0.2, 0.25) is 0 Å². The van der Waals surface area contributed by atoms with Crippen LogP contribution in [0.4, 0.5) is 4.79 Å². The predicted octanol–water partition coefficient (Wildman–Crippen LogP) is 0.616. The van der Waals surface area contributed by atoms with Crippen molar-refractivity contribution in [3.8, 4) is 0 Å². The van der Waals surface area contributed by atoms with Crippen LogP contribution in [0.1, 0.15) is 20.8 Å². The van der Waals surface area contributed by atoms with Crippen molar-refractivity contribution in [3.63, 3.8) is 0 Å². The van der Waals surface area contributed by atoms with Gasteiger partial charge in [0.15, 0.2) is 0 Å². The minimum Gasteiger partial charge on any atom is -0.465 e. The van der Waals surface area contributed by atoms with Crippen molar-refractivity contribution in [2.75, 3.05) is 33.4 Å². The second-order valence-corrected chi connectivity index (χ2v) is 3.74. The Morgan fingerprint density at radius 2 is 2.00 bits per heavy atom. The number of esters is 1. The summed E-state index contributed by atoms with van der Waals surface area (Å²) in [7, 11) is 1.58. The molecule has 0 spiro atoms. The zero-order valence-electron chi connectivity index (χ0n) is 11.0. The quantitative estimate of drug-likeness (QED) is 0.668. The van der Waals surface area contributed by atoms with Gasteiger partial charge in [-0.1, -0.05) is 0 Å². The van der Waals surface area contributed by atoms with Crippen LogP contribution in [0.3, 0.4) is 0 Å². The molecule has 0 bridgehead atoms. The molecule has 100 valence electrons. The van der Waals surface area contributed by atoms with E-state index in [0.29, 0.717) is 19.8 Å². The van der Waals surface area contributed by atoms with Gasteiger partial charge in [-0.25, -0.2) is 4.79 Å². The van der Waals surface area contributed by atoms with Crippen LogP contribution < -0.4 is 5.32 Å². The summed E-state index contributed by atoms with van der Waals surface area (Å²) in [6, 6.07) is -0.238. The van der Waals surface area contributed by atoms with Gasteiger partial charge in [-0.05, 0) is 20.8 Å². The van der Waals surface area contributed by atoms with E-state index in [1.54, 1.807) is 18.9 Å². The minimum absolute atomic E-state index is 0.0485. The molecule has 0 aliphatic heterocycles. The summed E-state index contributed by atoms with van der Waals surface area (Å²) in [6.07, 6.45) is 0. The van der Waals surface area contributed by atoms with Crippen molar-refractivity contribution in [2.24, 2.45) is 0 Å². The number of rotatable bonds is 7. The third kappa shape index (κ3) is 6.78. The third-order valence-corrected chi connectivity index (χ3v) is 2.11. The van der Waals surface area contributed by atoms with Gasteiger partial charge in [0.25, 0.3) is 0 Å². The topological polar surface area (TPSA) is 67.9 Å². The Morgan fingerprint density at radius 3 is 2.47 bits per heavy atom. The summed E-state index contributed by atoms with van der Waals surface area (Å²) in [6.45, 7) is 6.68. The highest BCUT2D eigenvalue weighted by atomic mass is 16.5. The first-order valence-corrected chi connectivity index (χ1v) is 5.71. The molecule has 2 amide bonds. The molecule has 0 saturated heterocycles. The molecule has 0 aliphatic carbocycles. The molecular formula is C11H22N2O4. The maximum absolute atomic E-state index is 11.8. The monoisotopic (exact) mass is 246 g/mol. The molecule has 0 saturated carbocycles. The molecule has 6 nitrogen and oxygen atoms in total. The molecule has 0 atom stereocenters. The summed E-state index contributed by atoms with van der Waals surface area (Å²) in [5, 5.41) is 2.51. The molecule has 0 unspecified atom stereocenters. The summed E-state index contributed by atoms with van der Waals surface area (Å²) >= 11 is 0. The van der Waals surface area contributed by atoms with Crippen molar-refractivity contribution in [1.82, 2.24) is 10.2 Å². The summed E-state index contributed by atoms with van der Waals surface area (Å²) in [4.78, 5) is 24.4. The Balaban J connectivity index is 4.09. The first-order valence-electron chi connectivity index (χ1n) is 5.71. The van der Waals surface area contributed by atoms with Crippen LogP contribution in [0, 0.1) is 0 Å². The molecule has 0 aliphatic rings. The maximum Gasteiger partial charge on any atom is 0.325 e. The molecule has 1 N–H and O–H groups in total. The lowest BCUT2D eigenvalue weighted by Crippen LogP contribution is -2.47. The second-order valence-electron chi connectivity index (χ2n) is 3.74. The summed E-state index contributed by atoms with van der Waals surface area (Å²) < 4.78 is 9.64. The number of methoxy groups -OCH3 is 1. The zero-order valence-corrected chi connectivity index (χ0v) is 11.0. The molecule has 0 rings (SSSR count). The lowest BCUT2D eigenvalue weighted by molar-refractivity contribution is -0.141. The van der Waals surface area contributed by atoms with E-state index in [9.17, 15) is 9.59 Å². The lowest BCUT2D eigenvalue weighted by Gasteiger charge is -2.26. The van der Waals surface area contributed by atoms with E-state index in [4.69, 9.17) is 9.47 Å². The summed E-state index contributed by atoms with van der Waals surface area (Å²) in [5.41, 5.74) is 0. The zero-order chi connectivity index (χ0) is 13.3. The number of hydrogen-bond acceptors (Lipinski definition) is 4. The Labute approximate surface area is 102 Å². The number of ether oxygens (including phenoxy) is 2. The SMILES string of the molecule is CCOC(=O)CNC(=O)N(CCOC)C(C)C. The van der Waals surface area contributed by atoms with E-state index >= 15 is 0 Å². The predicted molar refractivity (Wildman–Crippen MR) is 63.7 cm³/mol. The number of nitrogens with one attached hydrogen (secondary N) is 1. The van der Waals surface area contributed by atoms with Crippen LogP contribution >= 0.6 is 0 Å². The highest BCUT2D eigenvalue weighted by molar-refractivity contribution is 5.81. The second kappa shape index (κ2) is 8.81. The fourth-order valence-corrected chi connectivity index (χ4v) is 1.25. The standard InChI is InChI=1S/C11H22N2O4/c1-5-17-10(14)8-12-11(15)13(9(2)3)6-7-16-4/h9H,5-8H2,1-4H3,(H,12,15). The molecule has 17 heavy (non-hydrogen) atoms. The molecular weight excluding hydrogens is 224 g/mol. The van der Waals surface area contributed by atoms with Crippen molar-refractivity contribution < 1.29 is 19.1 Å². The molecule has 0 aromatic carbocycles. The number of amides is 2. The highest BCUT2D eigenvalue weighted by Crippen LogP contribution is 1.98. The Hall–Kier alpha value is -1.30. The third-order valence-electron chi connectivity index (χ3n) is 2.11. The summed E-state index contributed by atoms with van der Waals surface area (Å²) in [5.74, 6) is -0.434.